The number of piperidine rings is 1. The van der Waals surface area contributed by atoms with E-state index in [0.29, 0.717) is 98.3 Å². The van der Waals surface area contributed by atoms with Crippen molar-refractivity contribution in [2.75, 3.05) is 130 Å². The van der Waals surface area contributed by atoms with Crippen LogP contribution in [0.3, 0.4) is 0 Å². The van der Waals surface area contributed by atoms with Crippen LogP contribution in [0.4, 0.5) is 11.6 Å². The first-order valence-corrected chi connectivity index (χ1v) is 17.7. The number of anilines is 2. The van der Waals surface area contributed by atoms with E-state index in [1.54, 1.807) is 0 Å². The lowest BCUT2D eigenvalue weighted by atomic mass is 10.1. The average Bonchev–Trinajstić information content (AvgIpc) is 3.55. The number of aryl methyl sites for hydroxylation is 1. The van der Waals surface area contributed by atoms with E-state index in [1.807, 2.05) is 43.1 Å². The highest BCUT2D eigenvalue weighted by Crippen LogP contribution is 2.25. The summed E-state index contributed by atoms with van der Waals surface area (Å²) in [6.45, 7) is 12.7. The van der Waals surface area contributed by atoms with Gasteiger partial charge in [0.05, 0.1) is 85.5 Å². The maximum atomic E-state index is 5.75. The van der Waals surface area contributed by atoms with Gasteiger partial charge in [0, 0.05) is 50.1 Å². The van der Waals surface area contributed by atoms with Crippen LogP contribution < -0.4 is 15.0 Å². The molecule has 49 heavy (non-hydrogen) atoms. The number of rotatable bonds is 27. The van der Waals surface area contributed by atoms with Crippen LogP contribution in [0.1, 0.15) is 37.3 Å². The number of likely N-dealkylation sites (N-methyl/N-ethyl adjacent to an activating group) is 1. The topological polar surface area (TPSA) is 126 Å². The van der Waals surface area contributed by atoms with E-state index in [4.69, 9.17) is 38.1 Å². The Bertz CT molecular complexity index is 1290. The fourth-order valence-electron chi connectivity index (χ4n) is 5.10. The molecule has 0 amide bonds. The number of ether oxygens (including phenoxy) is 7. The number of hydrogen-bond acceptors (Lipinski definition) is 13. The molecule has 3 aromatic heterocycles. The summed E-state index contributed by atoms with van der Waals surface area (Å²) in [5.41, 5.74) is 3.11. The molecule has 1 aliphatic heterocycles. The van der Waals surface area contributed by atoms with Gasteiger partial charge >= 0.3 is 0 Å². The zero-order chi connectivity index (χ0) is 34.4. The van der Waals surface area contributed by atoms with Gasteiger partial charge in [0.15, 0.2) is 5.65 Å². The first kappa shape index (κ1) is 38.7. The molecule has 4 heterocycles. The van der Waals surface area contributed by atoms with E-state index >= 15 is 0 Å². The van der Waals surface area contributed by atoms with Gasteiger partial charge in [0.25, 0.3) is 0 Å². The molecule has 0 atom stereocenters. The lowest BCUT2D eigenvalue weighted by molar-refractivity contribution is -0.0182. The lowest BCUT2D eigenvalue weighted by Crippen LogP contribution is -2.30. The summed E-state index contributed by atoms with van der Waals surface area (Å²) in [5.74, 6) is 2.50. The molecule has 3 aromatic rings. The standard InChI is InChI=1S/C35H57N7O7/c1-4-31-29-38-42-32(26-33(39-35(31)42)41-10-6-5-7-11-41)36-27-30-8-9-34(37-28-30)49-25-24-48-23-22-47-21-20-46-19-18-45-17-16-44-15-14-43-13-12-40(2)3/h8-9,26,28-29,36H,4-7,10-25,27H2,1-3H3. The van der Waals surface area contributed by atoms with Gasteiger partial charge in [-0.05, 0) is 45.3 Å². The minimum atomic E-state index is 0.413. The maximum absolute atomic E-state index is 5.75. The SMILES string of the molecule is CCc1cnn2c(NCc3ccc(OCCOCCOCCOCCOCCOCCOCCN(C)C)nc3)cc(N3CCCCC3)nc12. The van der Waals surface area contributed by atoms with Crippen LogP contribution in [0.5, 0.6) is 5.88 Å². The van der Waals surface area contributed by atoms with Gasteiger partial charge < -0.3 is 48.3 Å². The Morgan fingerprint density at radius 2 is 1.33 bits per heavy atom. The summed E-state index contributed by atoms with van der Waals surface area (Å²) in [7, 11) is 4.05. The monoisotopic (exact) mass is 687 g/mol. The molecule has 0 aliphatic carbocycles. The second-order valence-corrected chi connectivity index (χ2v) is 12.0. The van der Waals surface area contributed by atoms with Crippen LogP contribution in [-0.4, -0.2) is 144 Å². The van der Waals surface area contributed by atoms with Gasteiger partial charge in [-0.2, -0.15) is 9.61 Å². The molecular weight excluding hydrogens is 630 g/mol. The molecule has 1 saturated heterocycles. The third-order valence-corrected chi connectivity index (χ3v) is 7.88. The molecule has 1 fully saturated rings. The van der Waals surface area contributed by atoms with Gasteiger partial charge in [-0.3, -0.25) is 0 Å². The van der Waals surface area contributed by atoms with Crippen LogP contribution in [-0.2, 0) is 41.4 Å². The highest BCUT2D eigenvalue weighted by molar-refractivity contribution is 5.61. The van der Waals surface area contributed by atoms with Crippen molar-refractivity contribution in [3.63, 3.8) is 0 Å². The largest absolute Gasteiger partial charge is 0.475 e. The van der Waals surface area contributed by atoms with Crippen LogP contribution in [0.25, 0.3) is 5.65 Å². The van der Waals surface area contributed by atoms with Crippen molar-refractivity contribution in [1.82, 2.24) is 24.5 Å². The van der Waals surface area contributed by atoms with Crippen molar-refractivity contribution in [2.24, 2.45) is 0 Å². The number of aromatic nitrogens is 4. The number of nitrogens with one attached hydrogen (secondary N) is 1. The summed E-state index contributed by atoms with van der Waals surface area (Å²) in [4.78, 5) is 13.9. The van der Waals surface area contributed by atoms with Crippen molar-refractivity contribution in [3.05, 3.63) is 41.7 Å². The highest BCUT2D eigenvalue weighted by Gasteiger charge is 2.17. The van der Waals surface area contributed by atoms with Crippen LogP contribution in [0, 0.1) is 0 Å². The fraction of sp³-hybridized carbons (Fsp3) is 0.686. The quantitative estimate of drug-likeness (QED) is 0.118. The number of nitrogens with zero attached hydrogens (tertiary/aromatic N) is 6. The summed E-state index contributed by atoms with van der Waals surface area (Å²) in [6.07, 6.45) is 8.33. The molecule has 0 spiro atoms. The highest BCUT2D eigenvalue weighted by atomic mass is 16.6. The van der Waals surface area contributed by atoms with E-state index in [0.717, 1.165) is 54.5 Å². The first-order valence-electron chi connectivity index (χ1n) is 17.7. The van der Waals surface area contributed by atoms with Crippen LogP contribution in [0.2, 0.25) is 0 Å². The molecule has 0 radical (unpaired) electrons. The molecule has 0 saturated carbocycles. The molecule has 14 heteroatoms. The number of pyridine rings is 1. The second-order valence-electron chi connectivity index (χ2n) is 12.0. The summed E-state index contributed by atoms with van der Waals surface area (Å²) < 4.78 is 40.8. The van der Waals surface area contributed by atoms with Crippen molar-refractivity contribution < 1.29 is 33.2 Å². The van der Waals surface area contributed by atoms with Gasteiger partial charge in [-0.15, -0.1) is 0 Å². The minimum absolute atomic E-state index is 0.413. The van der Waals surface area contributed by atoms with E-state index in [9.17, 15) is 0 Å². The Kier molecular flexibility index (Phi) is 18.4. The Balaban J connectivity index is 0.984. The molecule has 1 N–H and O–H groups in total. The summed E-state index contributed by atoms with van der Waals surface area (Å²) >= 11 is 0. The van der Waals surface area contributed by atoms with Crippen molar-refractivity contribution in [3.8, 4) is 5.88 Å². The Labute approximate surface area is 291 Å². The molecule has 274 valence electrons. The fourth-order valence-corrected chi connectivity index (χ4v) is 5.10. The molecule has 4 rings (SSSR count). The van der Waals surface area contributed by atoms with Crippen molar-refractivity contribution in [1.29, 1.82) is 0 Å². The molecular formula is C35H57N7O7. The number of hydrogen-bond donors (Lipinski definition) is 1. The second kappa shape index (κ2) is 23.3. The molecule has 0 unspecified atom stereocenters. The Morgan fingerprint density at radius 1 is 0.735 bits per heavy atom. The van der Waals surface area contributed by atoms with Gasteiger partial charge in [-0.25, -0.2) is 9.97 Å². The third-order valence-electron chi connectivity index (χ3n) is 7.88. The number of fused-ring (bicyclic) bond motifs is 1. The van der Waals surface area contributed by atoms with Crippen molar-refractivity contribution >= 4 is 17.3 Å². The summed E-state index contributed by atoms with van der Waals surface area (Å²) in [6, 6.07) is 6.01. The van der Waals surface area contributed by atoms with Gasteiger partial charge in [0.2, 0.25) is 5.88 Å². The van der Waals surface area contributed by atoms with Crippen molar-refractivity contribution in [2.45, 2.75) is 39.2 Å². The van der Waals surface area contributed by atoms with Crippen LogP contribution >= 0.6 is 0 Å². The lowest BCUT2D eigenvalue weighted by Gasteiger charge is -2.28. The zero-order valence-electron chi connectivity index (χ0n) is 29.8. The molecule has 14 nitrogen and oxygen atoms in total. The summed E-state index contributed by atoms with van der Waals surface area (Å²) in [5, 5.41) is 8.16. The van der Waals surface area contributed by atoms with E-state index in [2.05, 4.69) is 38.2 Å². The third kappa shape index (κ3) is 14.7. The zero-order valence-corrected chi connectivity index (χ0v) is 29.8. The Morgan fingerprint density at radius 3 is 1.88 bits per heavy atom. The van der Waals surface area contributed by atoms with E-state index in [-0.39, 0.29) is 0 Å². The molecule has 1 aliphatic rings. The van der Waals surface area contributed by atoms with Gasteiger partial charge in [-0.1, -0.05) is 13.0 Å². The van der Waals surface area contributed by atoms with E-state index < -0.39 is 0 Å². The molecule has 0 bridgehead atoms. The Hall–Kier alpha value is -3.11. The van der Waals surface area contributed by atoms with E-state index in [1.165, 1.54) is 19.3 Å². The first-order chi connectivity index (χ1) is 24.1. The van der Waals surface area contributed by atoms with Crippen LogP contribution in [0.15, 0.2) is 30.6 Å². The molecule has 0 aromatic carbocycles. The maximum Gasteiger partial charge on any atom is 0.213 e. The smallest absolute Gasteiger partial charge is 0.213 e. The normalized spacial score (nSPS) is 13.5. The van der Waals surface area contributed by atoms with Gasteiger partial charge in [0.1, 0.15) is 18.2 Å². The average molecular weight is 688 g/mol. The predicted molar refractivity (Wildman–Crippen MR) is 189 cm³/mol. The predicted octanol–water partition coefficient (Wildman–Crippen LogP) is 3.33. The minimum Gasteiger partial charge on any atom is -0.475 e.